The van der Waals surface area contributed by atoms with E-state index >= 15 is 0 Å². The molecule has 2 N–H and O–H groups in total. The molecular formula is C9H13N3O3S. The van der Waals surface area contributed by atoms with Crippen molar-refractivity contribution in [1.82, 2.24) is 9.19 Å². The van der Waals surface area contributed by atoms with E-state index in [9.17, 15) is 13.2 Å². The molecule has 0 aliphatic heterocycles. The number of primary amides is 1. The van der Waals surface area contributed by atoms with Crippen molar-refractivity contribution >= 4 is 15.9 Å². The van der Waals surface area contributed by atoms with E-state index in [1.54, 1.807) is 6.20 Å². The van der Waals surface area contributed by atoms with Crippen molar-refractivity contribution in [2.45, 2.75) is 19.3 Å². The number of amides is 1. The third kappa shape index (κ3) is 1.82. The molecule has 1 heterocycles. The van der Waals surface area contributed by atoms with Crippen LogP contribution in [0, 0.1) is 5.92 Å². The van der Waals surface area contributed by atoms with E-state index in [0.29, 0.717) is 25.0 Å². The minimum Gasteiger partial charge on any atom is -0.369 e. The second-order valence-corrected chi connectivity index (χ2v) is 5.88. The summed E-state index contributed by atoms with van der Waals surface area (Å²) in [4.78, 5) is 11.1. The van der Waals surface area contributed by atoms with Gasteiger partial charge in [0.2, 0.25) is 5.91 Å². The molecule has 0 aromatic carbocycles. The van der Waals surface area contributed by atoms with E-state index in [4.69, 9.17) is 5.73 Å². The van der Waals surface area contributed by atoms with Gasteiger partial charge in [0.1, 0.15) is 0 Å². The van der Waals surface area contributed by atoms with Crippen LogP contribution >= 0.6 is 0 Å². The average molecular weight is 243 g/mol. The third-order valence-electron chi connectivity index (χ3n) is 2.84. The molecule has 1 unspecified atom stereocenters. The lowest BCUT2D eigenvalue weighted by Crippen LogP contribution is -2.30. The quantitative estimate of drug-likeness (QED) is 0.741. The summed E-state index contributed by atoms with van der Waals surface area (Å²) in [6.45, 7) is 0. The summed E-state index contributed by atoms with van der Waals surface area (Å²) in [6.07, 6.45) is 4.32. The molecule has 7 heteroatoms. The molecular weight excluding hydrogens is 230 g/mol. The molecule has 1 aromatic rings. The van der Waals surface area contributed by atoms with Gasteiger partial charge >= 0.3 is 0 Å². The Hall–Kier alpha value is -1.37. The first-order valence-corrected chi connectivity index (χ1v) is 6.80. The number of aryl methyl sites for hydroxylation is 1. The Bertz CT molecular complexity index is 532. The van der Waals surface area contributed by atoms with Crippen LogP contribution in [0.25, 0.3) is 0 Å². The smallest absolute Gasteiger partial charge is 0.251 e. The lowest BCUT2D eigenvalue weighted by Gasteiger charge is -2.19. The highest BCUT2D eigenvalue weighted by atomic mass is 32.2. The predicted octanol–water partition coefficient (Wildman–Crippen LogP) is -0.719. The van der Waals surface area contributed by atoms with E-state index < -0.39 is 10.0 Å². The number of fused-ring (bicyclic) bond motifs is 1. The number of carbonyl (C=O) groups is 1. The molecule has 0 saturated heterocycles. The van der Waals surface area contributed by atoms with Crippen molar-refractivity contribution < 1.29 is 13.2 Å². The fourth-order valence-electron chi connectivity index (χ4n) is 2.00. The summed E-state index contributed by atoms with van der Waals surface area (Å²) in [5, 5.41) is 3.84. The van der Waals surface area contributed by atoms with Crippen molar-refractivity contribution in [3.05, 3.63) is 17.5 Å². The second kappa shape index (κ2) is 3.58. The number of aromatic nitrogens is 2. The van der Waals surface area contributed by atoms with Gasteiger partial charge in [-0.25, -0.2) is 8.42 Å². The van der Waals surface area contributed by atoms with Crippen LogP contribution < -0.4 is 5.73 Å². The molecule has 88 valence electrons. The van der Waals surface area contributed by atoms with Crippen LogP contribution in [-0.2, 0) is 27.7 Å². The highest BCUT2D eigenvalue weighted by Crippen LogP contribution is 2.25. The monoisotopic (exact) mass is 243 g/mol. The van der Waals surface area contributed by atoms with Crippen LogP contribution in [0.5, 0.6) is 0 Å². The standard InChI is InChI=1S/C9H13N3O3S/c1-16(14,15)12-8-4-6(9(10)13)2-3-7(8)5-11-12/h5-6H,2-4H2,1H3,(H2,10,13). The molecule has 1 amide bonds. The molecule has 1 atom stereocenters. The zero-order valence-electron chi connectivity index (χ0n) is 8.88. The third-order valence-corrected chi connectivity index (χ3v) is 3.78. The normalized spacial score (nSPS) is 20.4. The van der Waals surface area contributed by atoms with Crippen LogP contribution in [-0.4, -0.2) is 29.8 Å². The minimum absolute atomic E-state index is 0.287. The Labute approximate surface area is 93.5 Å². The van der Waals surface area contributed by atoms with Crippen LogP contribution in [0.2, 0.25) is 0 Å². The van der Waals surface area contributed by atoms with Gasteiger partial charge in [-0.1, -0.05) is 0 Å². The van der Waals surface area contributed by atoms with Gasteiger partial charge in [0.05, 0.1) is 18.1 Å². The maximum Gasteiger partial charge on any atom is 0.251 e. The highest BCUT2D eigenvalue weighted by molar-refractivity contribution is 7.89. The van der Waals surface area contributed by atoms with E-state index in [0.717, 1.165) is 15.9 Å². The molecule has 0 bridgehead atoms. The molecule has 0 spiro atoms. The Balaban J connectivity index is 2.43. The van der Waals surface area contributed by atoms with E-state index in [1.165, 1.54) is 0 Å². The summed E-state index contributed by atoms with van der Waals surface area (Å²) in [5.74, 6) is -0.670. The molecule has 0 fully saturated rings. The molecule has 2 rings (SSSR count). The first kappa shape index (κ1) is 11.1. The molecule has 1 aromatic heterocycles. The van der Waals surface area contributed by atoms with Gasteiger partial charge in [-0.05, 0) is 18.4 Å². The Kier molecular flexibility index (Phi) is 2.49. The molecule has 1 aliphatic rings. The molecule has 1 aliphatic carbocycles. The number of nitrogens with zero attached hydrogens (tertiary/aromatic N) is 2. The van der Waals surface area contributed by atoms with Crippen molar-refractivity contribution in [1.29, 1.82) is 0 Å². The Morgan fingerprint density at radius 3 is 2.88 bits per heavy atom. The van der Waals surface area contributed by atoms with E-state index in [1.807, 2.05) is 0 Å². The van der Waals surface area contributed by atoms with Gasteiger partial charge in [-0.2, -0.15) is 9.19 Å². The minimum atomic E-state index is -3.40. The largest absolute Gasteiger partial charge is 0.369 e. The van der Waals surface area contributed by atoms with Crippen LogP contribution in [0.15, 0.2) is 6.20 Å². The van der Waals surface area contributed by atoms with Gasteiger partial charge in [-0.15, -0.1) is 0 Å². The lowest BCUT2D eigenvalue weighted by atomic mass is 9.88. The van der Waals surface area contributed by atoms with Crippen LogP contribution in [0.1, 0.15) is 17.7 Å². The van der Waals surface area contributed by atoms with Crippen molar-refractivity contribution in [2.24, 2.45) is 11.7 Å². The number of hydrogen-bond donors (Lipinski definition) is 1. The van der Waals surface area contributed by atoms with Gasteiger partial charge in [0.25, 0.3) is 10.0 Å². The fourth-order valence-corrected chi connectivity index (χ4v) is 2.81. The summed E-state index contributed by atoms with van der Waals surface area (Å²) in [6, 6.07) is 0. The van der Waals surface area contributed by atoms with Crippen LogP contribution in [0.3, 0.4) is 0 Å². The number of rotatable bonds is 2. The lowest BCUT2D eigenvalue weighted by molar-refractivity contribution is -0.122. The van der Waals surface area contributed by atoms with Crippen molar-refractivity contribution in [3.8, 4) is 0 Å². The topological polar surface area (TPSA) is 95.1 Å². The van der Waals surface area contributed by atoms with E-state index in [-0.39, 0.29) is 11.8 Å². The summed E-state index contributed by atoms with van der Waals surface area (Å²) in [5.41, 5.74) is 6.72. The summed E-state index contributed by atoms with van der Waals surface area (Å²) in [7, 11) is -3.40. The van der Waals surface area contributed by atoms with Crippen LogP contribution in [0.4, 0.5) is 0 Å². The van der Waals surface area contributed by atoms with Gasteiger partial charge < -0.3 is 5.73 Å². The summed E-state index contributed by atoms with van der Waals surface area (Å²) >= 11 is 0. The molecule has 0 radical (unpaired) electrons. The molecule has 16 heavy (non-hydrogen) atoms. The van der Waals surface area contributed by atoms with Gasteiger partial charge in [-0.3, -0.25) is 4.79 Å². The predicted molar refractivity (Wildman–Crippen MR) is 57.2 cm³/mol. The maximum atomic E-state index is 11.4. The zero-order valence-corrected chi connectivity index (χ0v) is 9.70. The van der Waals surface area contributed by atoms with Crippen molar-refractivity contribution in [3.63, 3.8) is 0 Å². The highest BCUT2D eigenvalue weighted by Gasteiger charge is 2.28. The second-order valence-electron chi connectivity index (χ2n) is 4.06. The Morgan fingerprint density at radius 2 is 2.31 bits per heavy atom. The van der Waals surface area contributed by atoms with Crippen molar-refractivity contribution in [2.75, 3.05) is 6.26 Å². The maximum absolute atomic E-state index is 11.4. The number of carbonyl (C=O) groups excluding carboxylic acids is 1. The zero-order chi connectivity index (χ0) is 11.9. The molecule has 6 nitrogen and oxygen atoms in total. The molecule has 0 saturated carbocycles. The fraction of sp³-hybridized carbons (Fsp3) is 0.556. The first-order valence-electron chi connectivity index (χ1n) is 4.95. The number of nitrogens with two attached hydrogens (primary N) is 1. The number of hydrogen-bond acceptors (Lipinski definition) is 4. The first-order chi connectivity index (χ1) is 7.39. The van der Waals surface area contributed by atoms with E-state index in [2.05, 4.69) is 5.10 Å². The average Bonchev–Trinajstić information content (AvgIpc) is 2.58. The Morgan fingerprint density at radius 1 is 1.62 bits per heavy atom. The SMILES string of the molecule is CS(=O)(=O)n1ncc2c1CC(C(N)=O)CC2. The van der Waals surface area contributed by atoms with Gasteiger partial charge in [0.15, 0.2) is 0 Å². The van der Waals surface area contributed by atoms with Gasteiger partial charge in [0, 0.05) is 12.3 Å². The summed E-state index contributed by atoms with van der Waals surface area (Å²) < 4.78 is 23.9.